The van der Waals surface area contributed by atoms with E-state index < -0.39 is 23.5 Å². The van der Waals surface area contributed by atoms with Crippen molar-refractivity contribution in [1.82, 2.24) is 10.2 Å². The maximum atomic E-state index is 13.7. The first-order valence-corrected chi connectivity index (χ1v) is 5.84. The van der Waals surface area contributed by atoms with Crippen LogP contribution in [0, 0.1) is 17.5 Å². The molecular weight excluding hydrogens is 281 g/mol. The number of halogens is 4. The average Bonchev–Trinajstić information content (AvgIpc) is 2.41. The Labute approximate surface area is 115 Å². The molecule has 1 aromatic carbocycles. The van der Waals surface area contributed by atoms with Crippen LogP contribution in [0.1, 0.15) is 11.6 Å². The van der Waals surface area contributed by atoms with Crippen LogP contribution in [0.25, 0.3) is 0 Å². The van der Waals surface area contributed by atoms with E-state index in [0.717, 1.165) is 19.2 Å². The molecule has 2 rings (SSSR count). The first-order chi connectivity index (χ1) is 8.65. The number of nitrogens with zero attached hydrogens (tertiary/aromatic N) is 1. The van der Waals surface area contributed by atoms with Crippen LogP contribution in [0.4, 0.5) is 13.2 Å². The van der Waals surface area contributed by atoms with Crippen LogP contribution in [0.5, 0.6) is 0 Å². The lowest BCUT2D eigenvalue weighted by molar-refractivity contribution is 0.107. The van der Waals surface area contributed by atoms with Crippen LogP contribution in [-0.4, -0.2) is 42.8 Å². The van der Waals surface area contributed by atoms with Gasteiger partial charge >= 0.3 is 0 Å². The van der Waals surface area contributed by atoms with Gasteiger partial charge in [-0.1, -0.05) is 6.07 Å². The third-order valence-corrected chi connectivity index (χ3v) is 3.19. The predicted octanol–water partition coefficient (Wildman–Crippen LogP) is 1.46. The molecule has 1 saturated heterocycles. The second-order valence-electron chi connectivity index (χ2n) is 4.25. The van der Waals surface area contributed by atoms with Crippen molar-refractivity contribution in [3.8, 4) is 0 Å². The lowest BCUT2D eigenvalue weighted by atomic mass is 10.0. The fourth-order valence-corrected chi connectivity index (χ4v) is 2.20. The largest absolute Gasteiger partial charge is 0.394 e. The number of rotatable bonds is 3. The zero-order chi connectivity index (χ0) is 13.1. The lowest BCUT2D eigenvalue weighted by Gasteiger charge is -2.34. The van der Waals surface area contributed by atoms with Gasteiger partial charge in [-0.25, -0.2) is 13.2 Å². The van der Waals surface area contributed by atoms with E-state index in [1.54, 1.807) is 0 Å². The van der Waals surface area contributed by atoms with Gasteiger partial charge in [0.1, 0.15) is 0 Å². The van der Waals surface area contributed by atoms with Gasteiger partial charge in [0.25, 0.3) is 0 Å². The highest BCUT2D eigenvalue weighted by Crippen LogP contribution is 2.26. The van der Waals surface area contributed by atoms with Crippen LogP contribution < -0.4 is 5.32 Å². The highest BCUT2D eigenvalue weighted by molar-refractivity contribution is 5.85. The Morgan fingerprint density at radius 1 is 1.16 bits per heavy atom. The summed E-state index contributed by atoms with van der Waals surface area (Å²) in [6, 6.07) is 1.44. The predicted molar refractivity (Wildman–Crippen MR) is 67.8 cm³/mol. The fourth-order valence-electron chi connectivity index (χ4n) is 2.20. The van der Waals surface area contributed by atoms with Crippen molar-refractivity contribution in [3.63, 3.8) is 0 Å². The third-order valence-electron chi connectivity index (χ3n) is 3.19. The van der Waals surface area contributed by atoms with Gasteiger partial charge in [-0.3, -0.25) is 4.90 Å². The highest BCUT2D eigenvalue weighted by Gasteiger charge is 2.26. The monoisotopic (exact) mass is 296 g/mol. The molecule has 0 aliphatic carbocycles. The molecule has 7 heteroatoms. The first kappa shape index (κ1) is 16.2. The number of hydrogen-bond acceptors (Lipinski definition) is 3. The molecule has 19 heavy (non-hydrogen) atoms. The van der Waals surface area contributed by atoms with Crippen molar-refractivity contribution < 1.29 is 18.3 Å². The van der Waals surface area contributed by atoms with Crippen LogP contribution in [0.3, 0.4) is 0 Å². The number of hydrogen-bond donors (Lipinski definition) is 2. The highest BCUT2D eigenvalue weighted by atomic mass is 35.5. The van der Waals surface area contributed by atoms with E-state index >= 15 is 0 Å². The summed E-state index contributed by atoms with van der Waals surface area (Å²) in [5, 5.41) is 12.5. The molecule has 1 fully saturated rings. The topological polar surface area (TPSA) is 35.5 Å². The van der Waals surface area contributed by atoms with Crippen molar-refractivity contribution in [3.05, 3.63) is 35.1 Å². The normalized spacial score (nSPS) is 17.9. The SMILES string of the molecule is Cl.OC[C@@H](c1ccc(F)c(F)c1F)N1CCNCC1. The lowest BCUT2D eigenvalue weighted by Crippen LogP contribution is -2.46. The van der Waals surface area contributed by atoms with E-state index in [2.05, 4.69) is 5.32 Å². The quantitative estimate of drug-likeness (QED) is 0.829. The first-order valence-electron chi connectivity index (χ1n) is 5.84. The molecule has 1 heterocycles. The number of aliphatic hydroxyl groups excluding tert-OH is 1. The molecular formula is C12H16ClF3N2O. The summed E-state index contributed by atoms with van der Waals surface area (Å²) >= 11 is 0. The Morgan fingerprint density at radius 2 is 1.79 bits per heavy atom. The minimum Gasteiger partial charge on any atom is -0.394 e. The molecule has 0 radical (unpaired) electrons. The van der Waals surface area contributed by atoms with Gasteiger partial charge in [-0.2, -0.15) is 0 Å². The van der Waals surface area contributed by atoms with E-state index in [4.69, 9.17) is 0 Å². The van der Waals surface area contributed by atoms with Crippen molar-refractivity contribution in [2.45, 2.75) is 6.04 Å². The summed E-state index contributed by atoms with van der Waals surface area (Å²) in [6.07, 6.45) is 0. The fraction of sp³-hybridized carbons (Fsp3) is 0.500. The summed E-state index contributed by atoms with van der Waals surface area (Å²) in [5.41, 5.74) is -0.00157. The number of aliphatic hydroxyl groups is 1. The molecule has 1 aliphatic heterocycles. The molecule has 108 valence electrons. The maximum Gasteiger partial charge on any atom is 0.194 e. The molecule has 0 aromatic heterocycles. The van der Waals surface area contributed by atoms with Gasteiger partial charge in [0.05, 0.1) is 12.6 Å². The van der Waals surface area contributed by atoms with Gasteiger partial charge in [-0.05, 0) is 6.07 Å². The molecule has 0 unspecified atom stereocenters. The van der Waals surface area contributed by atoms with E-state index in [1.807, 2.05) is 4.90 Å². The van der Waals surface area contributed by atoms with Crippen molar-refractivity contribution in [2.24, 2.45) is 0 Å². The third kappa shape index (κ3) is 3.39. The summed E-state index contributed by atoms with van der Waals surface area (Å²) in [4.78, 5) is 1.85. The van der Waals surface area contributed by atoms with E-state index in [9.17, 15) is 18.3 Å². The van der Waals surface area contributed by atoms with Gasteiger partial charge in [0.15, 0.2) is 17.5 Å². The van der Waals surface area contributed by atoms with E-state index in [0.29, 0.717) is 13.1 Å². The Hall–Kier alpha value is -0.820. The van der Waals surface area contributed by atoms with Crippen molar-refractivity contribution in [2.75, 3.05) is 32.8 Å². The Balaban J connectivity index is 0.00000180. The summed E-state index contributed by atoms with van der Waals surface area (Å²) in [5.74, 6) is -3.91. The molecule has 3 nitrogen and oxygen atoms in total. The standard InChI is InChI=1S/C12H15F3N2O.ClH/c13-9-2-1-8(11(14)12(9)15)10(7-18)17-5-3-16-4-6-17;/h1-2,10,16,18H,3-7H2;1H/t10-;/m0./s1. The smallest absolute Gasteiger partial charge is 0.194 e. The van der Waals surface area contributed by atoms with Gasteiger partial charge in [0, 0.05) is 31.7 Å². The van der Waals surface area contributed by atoms with Crippen molar-refractivity contribution >= 4 is 12.4 Å². The Kier molecular flexibility index (Phi) is 6.06. The van der Waals surface area contributed by atoms with Crippen LogP contribution in [-0.2, 0) is 0 Å². The number of benzene rings is 1. The average molecular weight is 297 g/mol. The van der Waals surface area contributed by atoms with Gasteiger partial charge in [-0.15, -0.1) is 12.4 Å². The van der Waals surface area contributed by atoms with Crippen LogP contribution >= 0.6 is 12.4 Å². The van der Waals surface area contributed by atoms with E-state index in [-0.39, 0.29) is 24.6 Å². The molecule has 0 amide bonds. The number of nitrogens with one attached hydrogen (secondary N) is 1. The maximum absolute atomic E-state index is 13.7. The molecule has 1 aromatic rings. The second-order valence-corrected chi connectivity index (χ2v) is 4.25. The molecule has 2 N–H and O–H groups in total. The van der Waals surface area contributed by atoms with Crippen LogP contribution in [0.2, 0.25) is 0 Å². The molecule has 0 saturated carbocycles. The minimum atomic E-state index is -1.49. The summed E-state index contributed by atoms with van der Waals surface area (Å²) in [6.45, 7) is 2.37. The van der Waals surface area contributed by atoms with Gasteiger partial charge < -0.3 is 10.4 Å². The number of piperazine rings is 1. The van der Waals surface area contributed by atoms with E-state index in [1.165, 1.54) is 6.07 Å². The zero-order valence-electron chi connectivity index (χ0n) is 10.2. The second kappa shape index (κ2) is 7.09. The van der Waals surface area contributed by atoms with Crippen molar-refractivity contribution in [1.29, 1.82) is 0 Å². The molecule has 1 atom stereocenters. The Morgan fingerprint density at radius 3 is 2.37 bits per heavy atom. The van der Waals surface area contributed by atoms with Gasteiger partial charge in [0.2, 0.25) is 0 Å². The zero-order valence-corrected chi connectivity index (χ0v) is 11.0. The summed E-state index contributed by atoms with van der Waals surface area (Å²) < 4.78 is 39.7. The molecule has 0 spiro atoms. The summed E-state index contributed by atoms with van der Waals surface area (Å²) in [7, 11) is 0. The molecule has 0 bridgehead atoms. The minimum absolute atomic E-state index is 0. The van der Waals surface area contributed by atoms with Crippen LogP contribution in [0.15, 0.2) is 12.1 Å². The Bertz CT molecular complexity index is 428. The molecule has 1 aliphatic rings.